The Morgan fingerprint density at radius 3 is 2.47 bits per heavy atom. The van der Waals surface area contributed by atoms with Gasteiger partial charge in [-0.3, -0.25) is 0 Å². The molecule has 0 saturated heterocycles. The van der Waals surface area contributed by atoms with E-state index in [0.717, 1.165) is 18.4 Å². The van der Waals surface area contributed by atoms with Crippen molar-refractivity contribution < 1.29 is 52.1 Å². The van der Waals surface area contributed by atoms with Crippen LogP contribution in [0.3, 0.4) is 0 Å². The van der Waals surface area contributed by atoms with Crippen molar-refractivity contribution in [2.75, 3.05) is 0 Å². The molecule has 1 atom stereocenters. The van der Waals surface area contributed by atoms with E-state index >= 15 is 0 Å². The van der Waals surface area contributed by atoms with Crippen LogP contribution in [-0.2, 0) is 27.8 Å². The van der Waals surface area contributed by atoms with Crippen molar-refractivity contribution in [1.82, 2.24) is 9.88 Å². The quantitative estimate of drug-likeness (QED) is 0.506. The summed E-state index contributed by atoms with van der Waals surface area (Å²) in [5.74, 6) is 0.673. The van der Waals surface area contributed by atoms with Crippen LogP contribution in [0.25, 0.3) is 0 Å². The van der Waals surface area contributed by atoms with Crippen molar-refractivity contribution in [3.63, 3.8) is 0 Å². The van der Waals surface area contributed by atoms with Gasteiger partial charge in [0.2, 0.25) is 0 Å². The number of amides is 1. The molecule has 2 heterocycles. The van der Waals surface area contributed by atoms with Gasteiger partial charge in [-0.15, -0.1) is 0 Å². The van der Waals surface area contributed by atoms with E-state index in [9.17, 15) is 17.8 Å². The molecule has 1 aliphatic carbocycles. The van der Waals surface area contributed by atoms with E-state index in [4.69, 9.17) is 4.74 Å². The topological polar surface area (TPSA) is 99.6 Å². The molecule has 3 rings (SSSR count). The molecule has 0 bridgehead atoms. The van der Waals surface area contributed by atoms with Crippen LogP contribution in [0.1, 0.15) is 77.0 Å². The molecule has 2 aliphatic rings. The third-order valence-electron chi connectivity index (χ3n) is 5.77. The van der Waals surface area contributed by atoms with Crippen LogP contribution in [0.4, 0.5) is 4.79 Å². The molecule has 30 heavy (non-hydrogen) atoms. The molecule has 0 radical (unpaired) electrons. The van der Waals surface area contributed by atoms with Gasteiger partial charge in [-0.2, -0.15) is 0 Å². The van der Waals surface area contributed by atoms with Gasteiger partial charge in [0.05, 0.1) is 6.54 Å². The van der Waals surface area contributed by atoms with Crippen molar-refractivity contribution in [2.45, 2.75) is 95.4 Å². The van der Waals surface area contributed by atoms with Crippen LogP contribution in [0, 0.1) is 5.92 Å². The summed E-state index contributed by atoms with van der Waals surface area (Å²) >= 11 is 0. The van der Waals surface area contributed by atoms with Gasteiger partial charge in [-0.1, -0.05) is 38.2 Å². The first kappa shape index (κ1) is 25.6. The summed E-state index contributed by atoms with van der Waals surface area (Å²) in [6.45, 7) is 5.83. The molecule has 0 aromatic carbocycles. The summed E-state index contributed by atoms with van der Waals surface area (Å²) in [5.41, 5.74) is 0.761. The molecule has 1 fully saturated rings. The average Bonchev–Trinajstić information content (AvgIpc) is 2.64. The first-order valence-electron chi connectivity index (χ1n) is 10.5. The van der Waals surface area contributed by atoms with Gasteiger partial charge < -0.3 is 14.2 Å². The summed E-state index contributed by atoms with van der Waals surface area (Å²) in [6, 6.07) is 2.69. The maximum absolute atomic E-state index is 12.8. The zero-order chi connectivity index (χ0) is 21.2. The van der Waals surface area contributed by atoms with Crippen molar-refractivity contribution in [1.29, 1.82) is 0 Å². The molecule has 1 unspecified atom stereocenters. The Kier molecular flexibility index (Phi) is 8.78. The third-order valence-corrected chi connectivity index (χ3v) is 6.51. The Morgan fingerprint density at radius 1 is 1.20 bits per heavy atom. The number of nitrogens with zero attached hydrogens (tertiary/aromatic N) is 2. The Hall–Kier alpha value is -0.670. The number of carbonyl (C=O) groups is 1. The predicted octanol–water partition coefficient (Wildman–Crippen LogP) is 1.01. The molecule has 1 aromatic heterocycles. The molecule has 1 amide bonds. The number of carbonyl (C=O) groups excluding carboxylic acids is 1. The molecule has 162 valence electrons. The van der Waals surface area contributed by atoms with Crippen LogP contribution >= 0.6 is 0 Å². The van der Waals surface area contributed by atoms with E-state index < -0.39 is 20.7 Å². The second kappa shape index (κ2) is 10.3. The van der Waals surface area contributed by atoms with Crippen LogP contribution < -0.4 is 29.6 Å². The minimum Gasteiger partial charge on any atom is -0.743 e. The Bertz CT molecular complexity index is 847. The molecule has 1 aliphatic heterocycles. The summed E-state index contributed by atoms with van der Waals surface area (Å²) in [4.78, 5) is 18.7. The number of aromatic nitrogens is 1. The predicted molar refractivity (Wildman–Crippen MR) is 107 cm³/mol. The molecular formula is C21H31N2NaO5S. The monoisotopic (exact) mass is 446 g/mol. The Morgan fingerprint density at radius 2 is 1.87 bits per heavy atom. The van der Waals surface area contributed by atoms with Gasteiger partial charge in [0.15, 0.2) is 0 Å². The molecule has 0 spiro atoms. The van der Waals surface area contributed by atoms with Gasteiger partial charge >= 0.3 is 35.7 Å². The summed E-state index contributed by atoms with van der Waals surface area (Å²) < 4.78 is 39.7. The van der Waals surface area contributed by atoms with E-state index in [1.165, 1.54) is 38.2 Å². The van der Waals surface area contributed by atoms with Crippen LogP contribution in [0.15, 0.2) is 17.2 Å². The molecule has 0 N–H and O–H groups in total. The third kappa shape index (κ3) is 6.92. The fourth-order valence-electron chi connectivity index (χ4n) is 4.31. The number of hydrogen-bond donors (Lipinski definition) is 0. The normalized spacial score (nSPS) is 20.3. The van der Waals surface area contributed by atoms with E-state index in [2.05, 4.69) is 4.98 Å². The van der Waals surface area contributed by atoms with Crippen LogP contribution in [-0.4, -0.2) is 40.6 Å². The van der Waals surface area contributed by atoms with E-state index in [1.807, 2.05) is 20.8 Å². The largest absolute Gasteiger partial charge is 1.00 e. The fourth-order valence-corrected chi connectivity index (χ4v) is 4.77. The van der Waals surface area contributed by atoms with Crippen LogP contribution in [0.2, 0.25) is 0 Å². The van der Waals surface area contributed by atoms with Gasteiger partial charge in [0.25, 0.3) is 0 Å². The minimum absolute atomic E-state index is 0. The van der Waals surface area contributed by atoms with Gasteiger partial charge in [-0.05, 0) is 51.2 Å². The first-order chi connectivity index (χ1) is 13.5. The second-order valence-electron chi connectivity index (χ2n) is 9.26. The van der Waals surface area contributed by atoms with Gasteiger partial charge in [0.1, 0.15) is 20.7 Å². The maximum atomic E-state index is 12.8. The smallest absolute Gasteiger partial charge is 0.743 e. The number of fused-ring (bicyclic) bond motifs is 1. The van der Waals surface area contributed by atoms with E-state index in [1.54, 1.807) is 11.0 Å². The Labute approximate surface area is 202 Å². The number of pyridine rings is 1. The summed E-state index contributed by atoms with van der Waals surface area (Å²) in [5, 5.41) is -0.451. The standard InChI is InChI=1S/C21H32N2O5S.Na/c1-21(2,3)28-20(24)23-14-16-10-12-19(29(25,26)27)22-18(16)13-17(23)11-9-15-7-5-4-6-8-15;/h10,12,15,17H,4-9,11,13-14H2,1-3H3,(H,25,26,27);/q;+1/p-1. The van der Waals surface area contributed by atoms with Gasteiger partial charge in [-0.25, -0.2) is 18.2 Å². The molecule has 7 nitrogen and oxygen atoms in total. The van der Waals surface area contributed by atoms with Crippen molar-refractivity contribution in [3.05, 3.63) is 23.4 Å². The number of rotatable bonds is 4. The van der Waals surface area contributed by atoms with Crippen molar-refractivity contribution in [3.8, 4) is 0 Å². The molecular weight excluding hydrogens is 415 g/mol. The van der Waals surface area contributed by atoms with Crippen LogP contribution in [0.5, 0.6) is 0 Å². The van der Waals surface area contributed by atoms with E-state index in [0.29, 0.717) is 24.6 Å². The molecule has 1 saturated carbocycles. The number of ether oxygens (including phenoxy) is 1. The minimum atomic E-state index is -4.60. The average molecular weight is 447 g/mol. The fraction of sp³-hybridized carbons (Fsp3) is 0.714. The van der Waals surface area contributed by atoms with E-state index in [-0.39, 0.29) is 41.7 Å². The summed E-state index contributed by atoms with van der Waals surface area (Å²) in [6.07, 6.45) is 8.20. The SMILES string of the molecule is CC(C)(C)OC(=O)N1Cc2ccc(S(=O)(=O)[O-])nc2CC1CCC1CCCCC1.[Na+]. The maximum Gasteiger partial charge on any atom is 1.00 e. The van der Waals surface area contributed by atoms with Crippen molar-refractivity contribution >= 4 is 16.2 Å². The molecule has 1 aromatic rings. The first-order valence-corrected chi connectivity index (χ1v) is 11.9. The second-order valence-corrected chi connectivity index (χ2v) is 10.6. The Balaban J connectivity index is 0.00000320. The molecule has 9 heteroatoms. The zero-order valence-electron chi connectivity index (χ0n) is 18.5. The van der Waals surface area contributed by atoms with Crippen molar-refractivity contribution in [2.24, 2.45) is 5.92 Å². The van der Waals surface area contributed by atoms with Gasteiger partial charge in [0, 0.05) is 18.2 Å². The number of hydrogen-bond acceptors (Lipinski definition) is 6. The zero-order valence-corrected chi connectivity index (χ0v) is 21.3. The summed E-state index contributed by atoms with van der Waals surface area (Å²) in [7, 11) is -4.60.